The van der Waals surface area contributed by atoms with Gasteiger partial charge in [0, 0.05) is 6.07 Å². The van der Waals surface area contributed by atoms with Crippen molar-refractivity contribution in [3.63, 3.8) is 0 Å². The van der Waals surface area contributed by atoms with Gasteiger partial charge in [0.05, 0.1) is 25.6 Å². The highest BCUT2D eigenvalue weighted by Gasteiger charge is 2.18. The van der Waals surface area contributed by atoms with Gasteiger partial charge in [0.1, 0.15) is 5.69 Å². The van der Waals surface area contributed by atoms with Gasteiger partial charge in [-0.15, -0.1) is 0 Å². The van der Waals surface area contributed by atoms with E-state index >= 15 is 0 Å². The van der Waals surface area contributed by atoms with E-state index in [9.17, 15) is 19.7 Å². The van der Waals surface area contributed by atoms with Crippen LogP contribution >= 0.6 is 0 Å². The lowest BCUT2D eigenvalue weighted by atomic mass is 10.2. The van der Waals surface area contributed by atoms with Crippen LogP contribution in [0.15, 0.2) is 29.4 Å². The lowest BCUT2D eigenvalue weighted by Gasteiger charge is -2.05. The minimum absolute atomic E-state index is 0.0776. The van der Waals surface area contributed by atoms with Crippen molar-refractivity contribution >= 4 is 29.0 Å². The monoisotopic (exact) mass is 295 g/mol. The van der Waals surface area contributed by atoms with E-state index < -0.39 is 23.3 Å². The van der Waals surface area contributed by atoms with Gasteiger partial charge in [0.25, 0.3) is 5.69 Å². The fourth-order valence-electron chi connectivity index (χ4n) is 1.34. The zero-order chi connectivity index (χ0) is 15.8. The molecule has 0 aliphatic heterocycles. The third-order valence-electron chi connectivity index (χ3n) is 2.37. The number of hydrogen-bond donors (Lipinski definition) is 1. The van der Waals surface area contributed by atoms with Gasteiger partial charge in [-0.05, 0) is 6.07 Å². The maximum absolute atomic E-state index is 11.5. The van der Waals surface area contributed by atoms with E-state index in [1.54, 1.807) is 6.07 Å². The molecular weight excluding hydrogens is 282 g/mol. The highest BCUT2D eigenvalue weighted by atomic mass is 16.6. The summed E-state index contributed by atoms with van der Waals surface area (Å²) in [6.45, 7) is 0. The first kappa shape index (κ1) is 16.1. The Labute approximate surface area is 119 Å². The molecule has 0 aliphatic carbocycles. The quantitative estimate of drug-likeness (QED) is 0.361. The normalized spacial score (nSPS) is 10.7. The van der Waals surface area contributed by atoms with Gasteiger partial charge in [0.15, 0.2) is 5.71 Å². The van der Waals surface area contributed by atoms with Crippen LogP contribution in [0.5, 0.6) is 0 Å². The Balaban J connectivity index is 3.00. The third-order valence-corrected chi connectivity index (χ3v) is 2.37. The Morgan fingerprint density at radius 2 is 1.95 bits per heavy atom. The number of hydrogen-bond acceptors (Lipinski definition) is 8. The molecule has 0 amide bonds. The van der Waals surface area contributed by atoms with E-state index in [1.807, 2.05) is 0 Å². The van der Waals surface area contributed by atoms with Crippen LogP contribution in [0.2, 0.25) is 0 Å². The molecule has 0 saturated carbocycles. The van der Waals surface area contributed by atoms with E-state index in [2.05, 4.69) is 20.0 Å². The van der Waals surface area contributed by atoms with Crippen LogP contribution < -0.4 is 5.43 Å². The van der Waals surface area contributed by atoms with Crippen molar-refractivity contribution in [1.29, 1.82) is 0 Å². The molecule has 1 aromatic carbocycles. The van der Waals surface area contributed by atoms with Crippen LogP contribution in [0.3, 0.4) is 0 Å². The number of rotatable bonds is 6. The molecule has 0 heterocycles. The lowest BCUT2D eigenvalue weighted by molar-refractivity contribution is -0.384. The summed E-state index contributed by atoms with van der Waals surface area (Å²) >= 11 is 0. The van der Waals surface area contributed by atoms with Crippen molar-refractivity contribution in [2.75, 3.05) is 19.6 Å². The number of benzene rings is 1. The van der Waals surface area contributed by atoms with Crippen LogP contribution in [0, 0.1) is 10.1 Å². The molecular formula is C12H13N3O6. The zero-order valence-corrected chi connectivity index (χ0v) is 11.4. The molecule has 0 fully saturated rings. The van der Waals surface area contributed by atoms with Gasteiger partial charge in [-0.3, -0.25) is 20.3 Å². The van der Waals surface area contributed by atoms with Gasteiger partial charge in [0.2, 0.25) is 0 Å². The van der Waals surface area contributed by atoms with Gasteiger partial charge in [-0.25, -0.2) is 4.79 Å². The van der Waals surface area contributed by atoms with Gasteiger partial charge in [-0.2, -0.15) is 5.10 Å². The highest BCUT2D eigenvalue weighted by Crippen LogP contribution is 2.23. The number of nitrogens with zero attached hydrogens (tertiary/aromatic N) is 2. The molecule has 0 bridgehead atoms. The van der Waals surface area contributed by atoms with E-state index in [1.165, 1.54) is 18.2 Å². The van der Waals surface area contributed by atoms with E-state index in [0.29, 0.717) is 0 Å². The number of para-hydroxylation sites is 2. The Morgan fingerprint density at radius 1 is 1.29 bits per heavy atom. The molecule has 21 heavy (non-hydrogen) atoms. The van der Waals surface area contributed by atoms with Crippen molar-refractivity contribution in [2.24, 2.45) is 5.10 Å². The topological polar surface area (TPSA) is 120 Å². The first-order chi connectivity index (χ1) is 9.99. The van der Waals surface area contributed by atoms with Crippen LogP contribution in [-0.4, -0.2) is 36.8 Å². The minimum Gasteiger partial charge on any atom is -0.469 e. The smallest absolute Gasteiger partial charge is 0.354 e. The summed E-state index contributed by atoms with van der Waals surface area (Å²) in [4.78, 5) is 32.9. The molecule has 0 aliphatic rings. The summed E-state index contributed by atoms with van der Waals surface area (Å²) in [6, 6.07) is 5.73. The highest BCUT2D eigenvalue weighted by molar-refractivity contribution is 6.39. The summed E-state index contributed by atoms with van der Waals surface area (Å²) in [5.74, 6) is -1.53. The maximum Gasteiger partial charge on any atom is 0.354 e. The first-order valence-corrected chi connectivity index (χ1v) is 5.70. The van der Waals surface area contributed by atoms with Crippen LogP contribution in [0.25, 0.3) is 0 Å². The summed E-state index contributed by atoms with van der Waals surface area (Å²) in [6.07, 6.45) is -0.420. The summed E-state index contributed by atoms with van der Waals surface area (Å²) < 4.78 is 8.90. The van der Waals surface area contributed by atoms with Crippen molar-refractivity contribution in [3.05, 3.63) is 34.4 Å². The van der Waals surface area contributed by atoms with Gasteiger partial charge in [-0.1, -0.05) is 12.1 Å². The van der Waals surface area contributed by atoms with Crippen molar-refractivity contribution in [1.82, 2.24) is 0 Å². The number of carbonyl (C=O) groups excluding carboxylic acids is 2. The number of methoxy groups -OCH3 is 2. The molecule has 0 unspecified atom stereocenters. The number of ether oxygens (including phenoxy) is 2. The van der Waals surface area contributed by atoms with Crippen molar-refractivity contribution < 1.29 is 24.0 Å². The Hall–Kier alpha value is -2.97. The number of esters is 2. The Morgan fingerprint density at radius 3 is 2.52 bits per heavy atom. The lowest BCUT2D eigenvalue weighted by Crippen LogP contribution is -2.21. The summed E-state index contributed by atoms with van der Waals surface area (Å²) in [5, 5.41) is 14.5. The summed E-state index contributed by atoms with van der Waals surface area (Å²) in [5.41, 5.74) is 1.97. The van der Waals surface area contributed by atoms with Crippen LogP contribution in [0.4, 0.5) is 11.4 Å². The number of nitrogens with one attached hydrogen (secondary N) is 1. The molecule has 1 N–H and O–H groups in total. The molecule has 0 saturated heterocycles. The Kier molecular flexibility index (Phi) is 5.80. The van der Waals surface area contributed by atoms with Gasteiger partial charge < -0.3 is 9.47 Å². The van der Waals surface area contributed by atoms with E-state index in [0.717, 1.165) is 14.2 Å². The standard InChI is InChI=1S/C12H13N3O6/c1-20-11(16)7-9(12(17)21-2)14-13-8-5-3-4-6-10(8)15(18)19/h3-6,13H,7H2,1-2H3/b14-9+. The molecule has 9 nitrogen and oxygen atoms in total. The first-order valence-electron chi connectivity index (χ1n) is 5.70. The molecule has 0 radical (unpaired) electrons. The van der Waals surface area contributed by atoms with E-state index in [-0.39, 0.29) is 17.1 Å². The maximum atomic E-state index is 11.5. The minimum atomic E-state index is -0.841. The van der Waals surface area contributed by atoms with E-state index in [4.69, 9.17) is 0 Å². The Bertz CT molecular complexity index is 584. The number of nitro groups is 1. The molecule has 9 heteroatoms. The number of nitro benzene ring substituents is 1. The fourth-order valence-corrected chi connectivity index (χ4v) is 1.34. The van der Waals surface area contributed by atoms with Crippen molar-refractivity contribution in [2.45, 2.75) is 6.42 Å². The molecule has 1 rings (SSSR count). The molecule has 1 aromatic rings. The second-order valence-electron chi connectivity index (χ2n) is 3.69. The average molecular weight is 295 g/mol. The van der Waals surface area contributed by atoms with Gasteiger partial charge >= 0.3 is 11.9 Å². The largest absolute Gasteiger partial charge is 0.469 e. The third kappa shape index (κ3) is 4.56. The molecule has 0 aromatic heterocycles. The molecule has 0 spiro atoms. The molecule has 0 atom stereocenters. The van der Waals surface area contributed by atoms with Crippen molar-refractivity contribution in [3.8, 4) is 0 Å². The fraction of sp³-hybridized carbons (Fsp3) is 0.250. The second-order valence-corrected chi connectivity index (χ2v) is 3.69. The SMILES string of the molecule is COC(=O)C/C(=N\Nc1ccccc1[N+](=O)[O-])C(=O)OC. The number of carbonyl (C=O) groups is 2. The zero-order valence-electron chi connectivity index (χ0n) is 11.4. The average Bonchev–Trinajstić information content (AvgIpc) is 2.50. The number of hydrazone groups is 1. The molecule has 112 valence electrons. The van der Waals surface area contributed by atoms with Crippen LogP contribution in [-0.2, 0) is 19.1 Å². The predicted molar refractivity (Wildman–Crippen MR) is 72.8 cm³/mol. The second kappa shape index (κ2) is 7.58. The summed E-state index contributed by atoms with van der Waals surface area (Å²) in [7, 11) is 2.28. The number of anilines is 1. The predicted octanol–water partition coefficient (Wildman–Crippen LogP) is 1.10. The van der Waals surface area contributed by atoms with Crippen LogP contribution in [0.1, 0.15) is 6.42 Å².